The number of sulfonamides is 1. The first kappa shape index (κ1) is 25.5. The van der Waals surface area contributed by atoms with E-state index in [9.17, 15) is 21.2 Å². The van der Waals surface area contributed by atoms with Crippen LogP contribution >= 0.6 is 0 Å². The van der Waals surface area contributed by atoms with Gasteiger partial charge in [0.05, 0.1) is 18.6 Å². The van der Waals surface area contributed by atoms with E-state index in [0.717, 1.165) is 5.56 Å². The zero-order valence-electron chi connectivity index (χ0n) is 18.8. The molecule has 0 radical (unpaired) electrons. The number of halogens is 1. The third kappa shape index (κ3) is 7.20. The van der Waals surface area contributed by atoms with Crippen LogP contribution in [0, 0.1) is 11.7 Å². The van der Waals surface area contributed by atoms with E-state index in [1.165, 1.54) is 41.0 Å². The molecule has 3 rings (SSSR count). The SMILES string of the molecule is CC(C)C(Cc1ccc(F)cc1)OS(=O)(=O)c1ccc(OC2CCN(S(C)(=O)=O)CC2)cn1. The summed E-state index contributed by atoms with van der Waals surface area (Å²) in [5.41, 5.74) is 0.768. The molecule has 1 aliphatic heterocycles. The van der Waals surface area contributed by atoms with Gasteiger partial charge in [0.2, 0.25) is 10.0 Å². The van der Waals surface area contributed by atoms with Gasteiger partial charge in [0.15, 0.2) is 5.03 Å². The van der Waals surface area contributed by atoms with E-state index < -0.39 is 26.2 Å². The number of aromatic nitrogens is 1. The first-order valence-corrected chi connectivity index (χ1v) is 14.0. The molecular formula is C22H29FN2O6S2. The first-order chi connectivity index (χ1) is 15.4. The van der Waals surface area contributed by atoms with Gasteiger partial charge in [-0.05, 0) is 48.6 Å². The molecule has 0 aliphatic carbocycles. The van der Waals surface area contributed by atoms with Crippen LogP contribution in [0.25, 0.3) is 0 Å². The Morgan fingerprint density at radius 3 is 2.21 bits per heavy atom. The molecule has 33 heavy (non-hydrogen) atoms. The number of nitrogens with zero attached hydrogens (tertiary/aromatic N) is 2. The number of pyridine rings is 1. The summed E-state index contributed by atoms with van der Waals surface area (Å²) in [6.45, 7) is 4.45. The molecule has 0 bridgehead atoms. The third-order valence-electron chi connectivity index (χ3n) is 5.48. The highest BCUT2D eigenvalue weighted by Crippen LogP contribution is 2.23. The van der Waals surface area contributed by atoms with Crippen molar-refractivity contribution in [1.82, 2.24) is 9.29 Å². The van der Waals surface area contributed by atoms with Crippen molar-refractivity contribution in [2.45, 2.75) is 50.3 Å². The summed E-state index contributed by atoms with van der Waals surface area (Å²) in [5.74, 6) is -0.0652. The second-order valence-corrected chi connectivity index (χ2v) is 12.0. The molecule has 2 heterocycles. The van der Waals surface area contributed by atoms with Crippen molar-refractivity contribution in [1.29, 1.82) is 0 Å². The maximum absolute atomic E-state index is 13.1. The van der Waals surface area contributed by atoms with Gasteiger partial charge in [0.25, 0.3) is 0 Å². The zero-order valence-corrected chi connectivity index (χ0v) is 20.5. The molecule has 0 spiro atoms. The van der Waals surface area contributed by atoms with Gasteiger partial charge in [-0.1, -0.05) is 26.0 Å². The molecule has 0 saturated carbocycles. The Labute approximate surface area is 194 Å². The summed E-state index contributed by atoms with van der Waals surface area (Å²) in [5, 5.41) is -0.230. The average Bonchev–Trinajstić information content (AvgIpc) is 2.75. The van der Waals surface area contributed by atoms with Crippen LogP contribution in [0.1, 0.15) is 32.3 Å². The fourth-order valence-corrected chi connectivity index (χ4v) is 5.51. The van der Waals surface area contributed by atoms with Gasteiger partial charge in [-0.3, -0.25) is 4.18 Å². The smallest absolute Gasteiger partial charge is 0.314 e. The lowest BCUT2D eigenvalue weighted by Crippen LogP contribution is -2.41. The van der Waals surface area contributed by atoms with Crippen molar-refractivity contribution in [2.75, 3.05) is 19.3 Å². The van der Waals surface area contributed by atoms with Crippen molar-refractivity contribution in [3.63, 3.8) is 0 Å². The minimum absolute atomic E-state index is 0.106. The van der Waals surface area contributed by atoms with Crippen molar-refractivity contribution < 1.29 is 30.1 Å². The second-order valence-electron chi connectivity index (χ2n) is 8.47. The normalized spacial score (nSPS) is 17.2. The number of benzene rings is 1. The molecular weight excluding hydrogens is 471 g/mol. The van der Waals surface area contributed by atoms with Crippen molar-refractivity contribution in [3.8, 4) is 5.75 Å². The van der Waals surface area contributed by atoms with Crippen LogP contribution in [0.4, 0.5) is 4.39 Å². The average molecular weight is 501 g/mol. The van der Waals surface area contributed by atoms with E-state index in [-0.39, 0.29) is 22.9 Å². The minimum Gasteiger partial charge on any atom is -0.489 e. The number of hydrogen-bond donors (Lipinski definition) is 0. The monoisotopic (exact) mass is 500 g/mol. The van der Waals surface area contributed by atoms with Crippen molar-refractivity contribution in [2.24, 2.45) is 5.92 Å². The molecule has 1 aromatic heterocycles. The molecule has 1 fully saturated rings. The predicted octanol–water partition coefficient (Wildman–Crippen LogP) is 3.00. The Balaban J connectivity index is 1.62. The van der Waals surface area contributed by atoms with Gasteiger partial charge < -0.3 is 4.74 Å². The molecule has 1 unspecified atom stereocenters. The van der Waals surface area contributed by atoms with Gasteiger partial charge in [0.1, 0.15) is 17.7 Å². The predicted molar refractivity (Wildman–Crippen MR) is 121 cm³/mol. The van der Waals surface area contributed by atoms with Crippen LogP contribution in [0.2, 0.25) is 0 Å². The van der Waals surface area contributed by atoms with Crippen molar-refractivity contribution >= 4 is 20.1 Å². The van der Waals surface area contributed by atoms with Crippen LogP contribution in [0.3, 0.4) is 0 Å². The number of rotatable bonds is 9. The van der Waals surface area contributed by atoms with Gasteiger partial charge >= 0.3 is 10.1 Å². The van der Waals surface area contributed by atoms with E-state index in [1.54, 1.807) is 12.1 Å². The maximum atomic E-state index is 13.1. The zero-order chi connectivity index (χ0) is 24.2. The molecule has 8 nitrogen and oxygen atoms in total. The van der Waals surface area contributed by atoms with Gasteiger partial charge in [0, 0.05) is 19.5 Å². The third-order valence-corrected chi connectivity index (χ3v) is 8.04. The Morgan fingerprint density at radius 2 is 1.70 bits per heavy atom. The molecule has 1 aliphatic rings. The topological polar surface area (TPSA) is 103 Å². The lowest BCUT2D eigenvalue weighted by atomic mass is 9.99. The van der Waals surface area contributed by atoms with Crippen LogP contribution in [0.15, 0.2) is 47.6 Å². The number of ether oxygens (including phenoxy) is 1. The van der Waals surface area contributed by atoms with Gasteiger partial charge in [-0.15, -0.1) is 0 Å². The second kappa shape index (κ2) is 10.5. The summed E-state index contributed by atoms with van der Waals surface area (Å²) in [7, 11) is -7.33. The highest BCUT2D eigenvalue weighted by atomic mass is 32.2. The van der Waals surface area contributed by atoms with Crippen LogP contribution < -0.4 is 4.74 Å². The van der Waals surface area contributed by atoms with E-state index in [4.69, 9.17) is 8.92 Å². The summed E-state index contributed by atoms with van der Waals surface area (Å²) in [4.78, 5) is 4.01. The Hall–Kier alpha value is -2.08. The standard InChI is InChI=1S/C22H29FN2O6S2/c1-16(2)21(14-17-4-6-18(23)7-5-17)31-33(28,29)22-9-8-20(15-24-22)30-19-10-12-25(13-11-19)32(3,26)27/h4-9,15-16,19,21H,10-14H2,1-3H3. The molecule has 2 aromatic rings. The van der Waals surface area contributed by atoms with E-state index in [2.05, 4.69) is 4.98 Å². The van der Waals surface area contributed by atoms with Gasteiger partial charge in [-0.25, -0.2) is 22.1 Å². The summed E-state index contributed by atoms with van der Waals surface area (Å²) >= 11 is 0. The van der Waals surface area contributed by atoms with Crippen LogP contribution in [-0.2, 0) is 30.7 Å². The quantitative estimate of drug-likeness (QED) is 0.488. The number of hydrogen-bond acceptors (Lipinski definition) is 7. The van der Waals surface area contributed by atoms with Crippen LogP contribution in [0.5, 0.6) is 5.75 Å². The molecule has 1 saturated heterocycles. The largest absolute Gasteiger partial charge is 0.489 e. The highest BCUT2D eigenvalue weighted by molar-refractivity contribution is 7.88. The van der Waals surface area contributed by atoms with Gasteiger partial charge in [-0.2, -0.15) is 8.42 Å². The fourth-order valence-electron chi connectivity index (χ4n) is 3.50. The fraction of sp³-hybridized carbons (Fsp3) is 0.500. The molecule has 1 atom stereocenters. The maximum Gasteiger partial charge on any atom is 0.314 e. The lowest BCUT2D eigenvalue weighted by Gasteiger charge is -2.30. The number of piperidine rings is 1. The van der Waals surface area contributed by atoms with Crippen LogP contribution in [-0.4, -0.2) is 57.7 Å². The molecule has 1 aromatic carbocycles. The first-order valence-electron chi connectivity index (χ1n) is 10.7. The molecule has 182 valence electrons. The summed E-state index contributed by atoms with van der Waals surface area (Å²) in [6.07, 6.45) is 3.07. The van der Waals surface area contributed by atoms with Crippen molar-refractivity contribution in [3.05, 3.63) is 54.0 Å². The van der Waals surface area contributed by atoms with E-state index in [1.807, 2.05) is 13.8 Å². The molecule has 0 N–H and O–H groups in total. The Kier molecular flexibility index (Phi) is 8.09. The highest BCUT2D eigenvalue weighted by Gasteiger charge is 2.28. The minimum atomic E-state index is -4.12. The molecule has 0 amide bonds. The Bertz CT molecular complexity index is 1130. The Morgan fingerprint density at radius 1 is 1.06 bits per heavy atom. The lowest BCUT2D eigenvalue weighted by molar-refractivity contribution is 0.134. The summed E-state index contributed by atoms with van der Waals surface area (Å²) < 4.78 is 74.6. The molecule has 11 heteroatoms. The summed E-state index contributed by atoms with van der Waals surface area (Å²) in [6, 6.07) is 8.69. The van der Waals surface area contributed by atoms with E-state index in [0.29, 0.717) is 38.1 Å². The van der Waals surface area contributed by atoms with E-state index >= 15 is 0 Å².